The summed E-state index contributed by atoms with van der Waals surface area (Å²) < 4.78 is 9.07. The molecule has 3 heterocycles. The van der Waals surface area contributed by atoms with Gasteiger partial charge in [-0.2, -0.15) is 0 Å². The van der Waals surface area contributed by atoms with Crippen LogP contribution in [0.3, 0.4) is 0 Å². The van der Waals surface area contributed by atoms with Gasteiger partial charge in [-0.15, -0.1) is 0 Å². The smallest absolute Gasteiger partial charge is 0.256 e. The molecule has 0 unspecified atom stereocenters. The summed E-state index contributed by atoms with van der Waals surface area (Å²) in [6.07, 6.45) is 0. The van der Waals surface area contributed by atoms with E-state index >= 15 is 0 Å². The Kier molecular flexibility index (Phi) is 6.12. The Balaban J connectivity index is 1.34. The normalized spacial score (nSPS) is 13.7. The molecule has 2 aliphatic rings. The van der Waals surface area contributed by atoms with Gasteiger partial charge in [0.15, 0.2) is 0 Å². The van der Waals surface area contributed by atoms with Gasteiger partial charge in [0.1, 0.15) is 11.5 Å². The highest BCUT2D eigenvalue weighted by Crippen LogP contribution is 2.45. The second kappa shape index (κ2) is 10.1. The van der Waals surface area contributed by atoms with Gasteiger partial charge in [-0.1, -0.05) is 108 Å². The van der Waals surface area contributed by atoms with Crippen molar-refractivity contribution < 1.29 is 4.74 Å². The molecule has 0 radical (unpaired) electrons. The third-order valence-corrected chi connectivity index (χ3v) is 10.4. The number of ether oxygens (including phenoxy) is 1. The summed E-state index contributed by atoms with van der Waals surface area (Å²) in [6, 6.07) is 46.9. The molecule has 1 aromatic heterocycles. The summed E-state index contributed by atoms with van der Waals surface area (Å²) in [5, 5.41) is 2.58. The van der Waals surface area contributed by atoms with Crippen LogP contribution in [-0.4, -0.2) is 11.3 Å². The Morgan fingerprint density at radius 2 is 1.00 bits per heavy atom. The van der Waals surface area contributed by atoms with Gasteiger partial charge in [-0.25, -0.2) is 0 Å². The first-order chi connectivity index (χ1) is 23.1. The van der Waals surface area contributed by atoms with Crippen molar-refractivity contribution in [3.8, 4) is 17.2 Å². The Labute approximate surface area is 283 Å². The second-order valence-corrected chi connectivity index (χ2v) is 15.4. The van der Waals surface area contributed by atoms with Crippen LogP contribution in [0.5, 0.6) is 11.5 Å². The van der Waals surface area contributed by atoms with Crippen molar-refractivity contribution in [2.24, 2.45) is 0 Å². The summed E-state index contributed by atoms with van der Waals surface area (Å²) in [5.74, 6) is 1.86. The van der Waals surface area contributed by atoms with E-state index in [9.17, 15) is 0 Å². The van der Waals surface area contributed by atoms with E-state index in [1.165, 1.54) is 55.0 Å². The standard InChI is InChI=1S/C44H39BN2O/c1-43(2,3)28-22-24-34-30(26-28)31-27-29(44(4,5)6)23-25-35(31)46(34)37-17-10-11-18-38(37)47-36-16-9-7-14-32(36)45-33-15-8-12-20-40(33)48-41-21-13-19-39(47)42(41)45/h7-27H,1-6H3. The lowest BCUT2D eigenvalue weighted by Crippen LogP contribution is -2.59. The molecule has 0 amide bonds. The van der Waals surface area contributed by atoms with Gasteiger partial charge in [-0.05, 0) is 99.0 Å². The number of rotatable bonds is 2. The molecule has 0 saturated carbocycles. The fourth-order valence-corrected chi connectivity index (χ4v) is 7.90. The molecule has 234 valence electrons. The molecule has 6 aromatic carbocycles. The van der Waals surface area contributed by atoms with Crippen LogP contribution in [0.4, 0.5) is 17.1 Å². The van der Waals surface area contributed by atoms with Gasteiger partial charge in [0.25, 0.3) is 6.71 Å². The molecule has 2 aliphatic heterocycles. The zero-order valence-corrected chi connectivity index (χ0v) is 28.5. The van der Waals surface area contributed by atoms with E-state index in [-0.39, 0.29) is 17.5 Å². The van der Waals surface area contributed by atoms with Crippen molar-refractivity contribution in [3.05, 3.63) is 139 Å². The fraction of sp³-hybridized carbons (Fsp3) is 0.182. The molecule has 0 fully saturated rings. The van der Waals surface area contributed by atoms with Crippen molar-refractivity contribution in [2.75, 3.05) is 4.90 Å². The molecular weight excluding hydrogens is 583 g/mol. The lowest BCUT2D eigenvalue weighted by Gasteiger charge is -2.40. The van der Waals surface area contributed by atoms with Crippen molar-refractivity contribution in [1.82, 2.24) is 4.57 Å². The molecule has 3 nitrogen and oxygen atoms in total. The van der Waals surface area contributed by atoms with E-state index < -0.39 is 0 Å². The minimum atomic E-state index is 0.0449. The van der Waals surface area contributed by atoms with Crippen LogP contribution in [0.1, 0.15) is 52.7 Å². The number of hydrogen-bond acceptors (Lipinski definition) is 2. The molecule has 9 rings (SSSR count). The topological polar surface area (TPSA) is 17.4 Å². The SMILES string of the molecule is CC(C)(C)c1ccc2c(c1)c1cc(C(C)(C)C)ccc1n2-c1ccccc1N1c2ccccc2B2c3ccccc3Oc3cccc1c32. The van der Waals surface area contributed by atoms with E-state index in [2.05, 4.69) is 178 Å². The summed E-state index contributed by atoms with van der Waals surface area (Å²) in [5.41, 5.74) is 13.6. The summed E-state index contributed by atoms with van der Waals surface area (Å²) in [6.45, 7) is 13.9. The van der Waals surface area contributed by atoms with Crippen LogP contribution in [0.15, 0.2) is 127 Å². The molecule has 0 N–H and O–H groups in total. The van der Waals surface area contributed by atoms with Crippen LogP contribution in [0.25, 0.3) is 27.5 Å². The van der Waals surface area contributed by atoms with Crippen LogP contribution < -0.4 is 26.0 Å². The van der Waals surface area contributed by atoms with E-state index in [0.29, 0.717) is 0 Å². The van der Waals surface area contributed by atoms with Gasteiger partial charge in [0.05, 0.1) is 22.4 Å². The Bertz CT molecular complexity index is 2350. The third-order valence-electron chi connectivity index (χ3n) is 10.4. The van der Waals surface area contributed by atoms with Gasteiger partial charge in [0.2, 0.25) is 0 Å². The number of aromatic nitrogens is 1. The number of benzene rings is 6. The van der Waals surface area contributed by atoms with E-state index in [0.717, 1.165) is 28.6 Å². The van der Waals surface area contributed by atoms with Crippen molar-refractivity contribution in [3.63, 3.8) is 0 Å². The Morgan fingerprint density at radius 1 is 0.479 bits per heavy atom. The lowest BCUT2D eigenvalue weighted by atomic mass is 9.34. The first-order valence-corrected chi connectivity index (χ1v) is 17.1. The zero-order valence-electron chi connectivity index (χ0n) is 28.5. The minimum Gasteiger partial charge on any atom is -0.458 e. The molecule has 0 bridgehead atoms. The predicted molar refractivity (Wildman–Crippen MR) is 204 cm³/mol. The number of para-hydroxylation sites is 4. The molecule has 4 heteroatoms. The molecule has 0 spiro atoms. The molecule has 0 aliphatic carbocycles. The summed E-state index contributed by atoms with van der Waals surface area (Å²) in [7, 11) is 0. The number of fused-ring (bicyclic) bond motifs is 7. The number of hydrogen-bond donors (Lipinski definition) is 0. The maximum absolute atomic E-state index is 6.59. The van der Waals surface area contributed by atoms with E-state index in [1.54, 1.807) is 0 Å². The van der Waals surface area contributed by atoms with Crippen molar-refractivity contribution in [1.29, 1.82) is 0 Å². The van der Waals surface area contributed by atoms with Crippen molar-refractivity contribution in [2.45, 2.75) is 52.4 Å². The lowest BCUT2D eigenvalue weighted by molar-refractivity contribution is 0.487. The third kappa shape index (κ3) is 4.21. The average molecular weight is 623 g/mol. The maximum atomic E-state index is 6.59. The maximum Gasteiger partial charge on any atom is 0.256 e. The zero-order chi connectivity index (χ0) is 32.9. The minimum absolute atomic E-state index is 0.0449. The molecule has 7 aromatic rings. The highest BCUT2D eigenvalue weighted by Gasteiger charge is 2.41. The molecule has 48 heavy (non-hydrogen) atoms. The highest BCUT2D eigenvalue weighted by molar-refractivity contribution is 6.99. The van der Waals surface area contributed by atoms with E-state index in [4.69, 9.17) is 4.74 Å². The molecular formula is C44H39BN2O. The van der Waals surface area contributed by atoms with Gasteiger partial charge < -0.3 is 14.2 Å². The second-order valence-electron chi connectivity index (χ2n) is 15.4. The Hall–Kier alpha value is -5.22. The molecule has 0 atom stereocenters. The highest BCUT2D eigenvalue weighted by atomic mass is 16.5. The predicted octanol–water partition coefficient (Wildman–Crippen LogP) is 9.78. The quantitative estimate of drug-likeness (QED) is 0.179. The van der Waals surface area contributed by atoms with Gasteiger partial charge in [-0.3, -0.25) is 0 Å². The van der Waals surface area contributed by atoms with Crippen LogP contribution in [0, 0.1) is 0 Å². The number of anilines is 3. The Morgan fingerprint density at radius 3 is 1.65 bits per heavy atom. The number of nitrogens with zero attached hydrogens (tertiary/aromatic N) is 2. The average Bonchev–Trinajstić information content (AvgIpc) is 3.40. The fourth-order valence-electron chi connectivity index (χ4n) is 7.90. The monoisotopic (exact) mass is 622 g/mol. The van der Waals surface area contributed by atoms with Crippen LogP contribution in [-0.2, 0) is 10.8 Å². The van der Waals surface area contributed by atoms with E-state index in [1.807, 2.05) is 0 Å². The van der Waals surface area contributed by atoms with Crippen LogP contribution >= 0.6 is 0 Å². The molecule has 0 saturated heterocycles. The first-order valence-electron chi connectivity index (χ1n) is 17.1. The van der Waals surface area contributed by atoms with Gasteiger partial charge in [0, 0.05) is 22.1 Å². The summed E-state index contributed by atoms with van der Waals surface area (Å²) in [4.78, 5) is 2.46. The largest absolute Gasteiger partial charge is 0.458 e. The van der Waals surface area contributed by atoms with Gasteiger partial charge >= 0.3 is 0 Å². The first kappa shape index (κ1) is 29.0. The van der Waals surface area contributed by atoms with Crippen molar-refractivity contribution >= 4 is 62.0 Å². The summed E-state index contributed by atoms with van der Waals surface area (Å²) >= 11 is 0. The van der Waals surface area contributed by atoms with Crippen LogP contribution in [0.2, 0.25) is 0 Å².